The highest BCUT2D eigenvalue weighted by Gasteiger charge is 2.22. The van der Waals surface area contributed by atoms with Gasteiger partial charge in [-0.1, -0.05) is 12.8 Å². The Bertz CT molecular complexity index is 305. The van der Waals surface area contributed by atoms with E-state index in [1.165, 1.54) is 0 Å². The maximum atomic E-state index is 11.7. The van der Waals surface area contributed by atoms with Crippen molar-refractivity contribution in [2.45, 2.75) is 32.7 Å². The molecule has 2 N–H and O–H groups in total. The zero-order chi connectivity index (χ0) is 12.8. The molecule has 2 amide bonds. The van der Waals surface area contributed by atoms with Crippen LogP contribution in [0.1, 0.15) is 27.2 Å². The molecule has 0 rings (SSSR count). The molecule has 0 atom stereocenters. The molecular formula is C11H18N2O3. The number of hydrogen-bond donors (Lipinski definition) is 2. The fraction of sp³-hybridized carbons (Fsp3) is 0.636. The predicted molar refractivity (Wildman–Crippen MR) is 60.9 cm³/mol. The number of amides is 2. The lowest BCUT2D eigenvalue weighted by atomic mass is 10.0. The molecule has 0 aromatic heterocycles. The zero-order valence-electron chi connectivity index (χ0n) is 9.91. The fourth-order valence-electron chi connectivity index (χ4n) is 0.930. The highest BCUT2D eigenvalue weighted by atomic mass is 16.4. The zero-order valence-corrected chi connectivity index (χ0v) is 9.91. The van der Waals surface area contributed by atoms with Crippen LogP contribution in [0.3, 0.4) is 0 Å². The number of aliphatic carboxylic acids is 1. The van der Waals surface area contributed by atoms with E-state index in [1.807, 2.05) is 20.8 Å². The first-order chi connectivity index (χ1) is 7.32. The third kappa shape index (κ3) is 5.25. The first kappa shape index (κ1) is 14.3. The van der Waals surface area contributed by atoms with Crippen LogP contribution in [-0.4, -0.2) is 40.6 Å². The third-order valence-corrected chi connectivity index (χ3v) is 2.22. The van der Waals surface area contributed by atoms with E-state index < -0.39 is 18.5 Å². The number of rotatable bonds is 5. The molecule has 0 heterocycles. The van der Waals surface area contributed by atoms with Gasteiger partial charge in [-0.05, 0) is 20.3 Å². The summed E-state index contributed by atoms with van der Waals surface area (Å²) in [7, 11) is 0. The molecule has 0 unspecified atom stereocenters. The second-order valence-electron chi connectivity index (χ2n) is 4.12. The second kappa shape index (κ2) is 6.01. The van der Waals surface area contributed by atoms with Crippen molar-refractivity contribution in [2.75, 3.05) is 13.1 Å². The highest BCUT2D eigenvalue weighted by Crippen LogP contribution is 2.07. The van der Waals surface area contributed by atoms with Gasteiger partial charge in [-0.2, -0.15) is 0 Å². The minimum absolute atomic E-state index is 0.0159. The van der Waals surface area contributed by atoms with Crippen LogP contribution < -0.4 is 5.32 Å². The van der Waals surface area contributed by atoms with Gasteiger partial charge in [-0.25, -0.2) is 4.79 Å². The van der Waals surface area contributed by atoms with Crippen molar-refractivity contribution >= 4 is 12.0 Å². The predicted octanol–water partition coefficient (Wildman–Crippen LogP) is 0.904. The topological polar surface area (TPSA) is 69.6 Å². The highest BCUT2D eigenvalue weighted by molar-refractivity contribution is 5.80. The van der Waals surface area contributed by atoms with Gasteiger partial charge in [0.15, 0.2) is 0 Å². The molecule has 0 spiro atoms. The van der Waals surface area contributed by atoms with Crippen LogP contribution in [0.4, 0.5) is 4.79 Å². The summed E-state index contributed by atoms with van der Waals surface area (Å²) in [4.78, 5) is 23.3. The molecule has 5 nitrogen and oxygen atoms in total. The van der Waals surface area contributed by atoms with Crippen molar-refractivity contribution < 1.29 is 14.7 Å². The summed E-state index contributed by atoms with van der Waals surface area (Å²) in [5, 5.41) is 11.3. The van der Waals surface area contributed by atoms with E-state index in [9.17, 15) is 9.59 Å². The molecular weight excluding hydrogens is 208 g/mol. The molecule has 0 radical (unpaired) electrons. The Balaban J connectivity index is 4.51. The summed E-state index contributed by atoms with van der Waals surface area (Å²) in [6.07, 6.45) is 5.82. The van der Waals surface area contributed by atoms with E-state index >= 15 is 0 Å². The Kier molecular flexibility index (Phi) is 5.37. The van der Waals surface area contributed by atoms with Crippen molar-refractivity contribution in [3.63, 3.8) is 0 Å². The summed E-state index contributed by atoms with van der Waals surface area (Å²) in [6, 6.07) is -0.452. The molecule has 90 valence electrons. The number of nitrogens with zero attached hydrogens (tertiary/aromatic N) is 1. The number of urea groups is 1. The molecule has 0 fully saturated rings. The van der Waals surface area contributed by atoms with Gasteiger partial charge in [-0.15, -0.1) is 6.42 Å². The van der Waals surface area contributed by atoms with Crippen LogP contribution in [0.5, 0.6) is 0 Å². The first-order valence-corrected chi connectivity index (χ1v) is 5.04. The molecule has 0 aliphatic carbocycles. The minimum Gasteiger partial charge on any atom is -0.480 e. The molecule has 16 heavy (non-hydrogen) atoms. The Morgan fingerprint density at radius 1 is 1.50 bits per heavy atom. The van der Waals surface area contributed by atoms with Crippen molar-refractivity contribution in [2.24, 2.45) is 0 Å². The Morgan fingerprint density at radius 2 is 2.06 bits per heavy atom. The fourth-order valence-corrected chi connectivity index (χ4v) is 0.930. The molecule has 0 bridgehead atoms. The van der Waals surface area contributed by atoms with Gasteiger partial charge in [0.1, 0.15) is 6.54 Å². The summed E-state index contributed by atoms with van der Waals surface area (Å²) in [5.41, 5.74) is -0.373. The molecule has 0 aromatic rings. The summed E-state index contributed by atoms with van der Waals surface area (Å²) >= 11 is 0. The average molecular weight is 226 g/mol. The van der Waals surface area contributed by atoms with E-state index in [2.05, 4.69) is 11.2 Å². The number of carboxylic acid groups (broad SMARTS) is 1. The smallest absolute Gasteiger partial charge is 0.323 e. The van der Waals surface area contributed by atoms with Crippen LogP contribution in [0.25, 0.3) is 0 Å². The number of carboxylic acids is 1. The number of carbonyl (C=O) groups is 2. The summed E-state index contributed by atoms with van der Waals surface area (Å²) < 4.78 is 0. The van der Waals surface area contributed by atoms with Crippen molar-refractivity contribution in [3.8, 4) is 12.3 Å². The molecule has 0 saturated heterocycles. The SMILES string of the molecule is C#CCN(CC(=O)O)C(=O)NC(C)(C)CC. The van der Waals surface area contributed by atoms with E-state index in [1.54, 1.807) is 0 Å². The van der Waals surface area contributed by atoms with Crippen molar-refractivity contribution in [1.29, 1.82) is 0 Å². The van der Waals surface area contributed by atoms with E-state index in [0.717, 1.165) is 11.3 Å². The minimum atomic E-state index is -1.08. The van der Waals surface area contributed by atoms with Gasteiger partial charge in [0, 0.05) is 5.54 Å². The maximum Gasteiger partial charge on any atom is 0.323 e. The number of nitrogens with one attached hydrogen (secondary N) is 1. The van der Waals surface area contributed by atoms with Gasteiger partial charge in [0.25, 0.3) is 0 Å². The van der Waals surface area contributed by atoms with Crippen LogP contribution in [0.15, 0.2) is 0 Å². The third-order valence-electron chi connectivity index (χ3n) is 2.22. The molecule has 0 aromatic carbocycles. The van der Waals surface area contributed by atoms with Gasteiger partial charge >= 0.3 is 12.0 Å². The molecule has 0 saturated carbocycles. The number of hydrogen-bond acceptors (Lipinski definition) is 2. The van der Waals surface area contributed by atoms with E-state index in [0.29, 0.717) is 0 Å². The monoisotopic (exact) mass is 226 g/mol. The molecule has 5 heteroatoms. The van der Waals surface area contributed by atoms with Crippen LogP contribution >= 0.6 is 0 Å². The summed E-state index contributed by atoms with van der Waals surface area (Å²) in [5.74, 6) is 1.18. The van der Waals surface area contributed by atoms with Crippen LogP contribution in [-0.2, 0) is 4.79 Å². The lowest BCUT2D eigenvalue weighted by molar-refractivity contribution is -0.137. The van der Waals surface area contributed by atoms with Crippen molar-refractivity contribution in [1.82, 2.24) is 10.2 Å². The maximum absolute atomic E-state index is 11.7. The Hall–Kier alpha value is -1.70. The Morgan fingerprint density at radius 3 is 2.44 bits per heavy atom. The quantitative estimate of drug-likeness (QED) is 0.684. The molecule has 0 aliphatic rings. The van der Waals surface area contributed by atoms with Gasteiger partial charge in [0.05, 0.1) is 6.54 Å². The van der Waals surface area contributed by atoms with Crippen molar-refractivity contribution in [3.05, 3.63) is 0 Å². The number of terminal acetylenes is 1. The average Bonchev–Trinajstić information content (AvgIpc) is 2.16. The van der Waals surface area contributed by atoms with Gasteiger partial charge in [0.2, 0.25) is 0 Å². The van der Waals surface area contributed by atoms with E-state index in [4.69, 9.17) is 11.5 Å². The number of carbonyl (C=O) groups excluding carboxylic acids is 1. The summed E-state index contributed by atoms with van der Waals surface area (Å²) in [6.45, 7) is 5.25. The van der Waals surface area contributed by atoms with Gasteiger partial charge < -0.3 is 15.3 Å². The molecule has 0 aliphatic heterocycles. The lowest BCUT2D eigenvalue weighted by Crippen LogP contribution is -2.51. The Labute approximate surface area is 95.8 Å². The van der Waals surface area contributed by atoms with Crippen LogP contribution in [0.2, 0.25) is 0 Å². The standard InChI is InChI=1S/C11H18N2O3/c1-5-7-13(8-9(14)15)10(16)12-11(3,4)6-2/h1H,6-8H2,2-4H3,(H,12,16)(H,14,15). The first-order valence-electron chi connectivity index (χ1n) is 5.04. The largest absolute Gasteiger partial charge is 0.480 e. The lowest BCUT2D eigenvalue weighted by Gasteiger charge is -2.28. The second-order valence-corrected chi connectivity index (χ2v) is 4.12. The normalized spacial score (nSPS) is 10.4. The van der Waals surface area contributed by atoms with E-state index in [-0.39, 0.29) is 12.1 Å². The van der Waals surface area contributed by atoms with Gasteiger partial charge in [-0.3, -0.25) is 4.79 Å². The van der Waals surface area contributed by atoms with Crippen LogP contribution in [0, 0.1) is 12.3 Å².